The molecule has 14 heteroatoms. The number of halogens is 6. The number of rotatable bonds is 8. The van der Waals surface area contributed by atoms with Crippen molar-refractivity contribution in [2.75, 3.05) is 18.6 Å². The fourth-order valence-corrected chi connectivity index (χ4v) is 4.62. The largest absolute Gasteiger partial charge is 0.573 e. The average molecular weight is 583 g/mol. The number of hydrogen-bond acceptors (Lipinski definition) is 5. The molecule has 2 aromatic carbocycles. The molecule has 1 aliphatic rings. The average Bonchev–Trinajstić information content (AvgIpc) is 3.20. The van der Waals surface area contributed by atoms with E-state index in [1.807, 2.05) is 0 Å². The van der Waals surface area contributed by atoms with Gasteiger partial charge in [-0.15, -0.1) is 13.2 Å². The molecule has 2 atom stereocenters. The molecule has 41 heavy (non-hydrogen) atoms. The second kappa shape index (κ2) is 11.6. The first kappa shape index (κ1) is 29.5. The summed E-state index contributed by atoms with van der Waals surface area (Å²) in [5.74, 6) is -3.89. The van der Waals surface area contributed by atoms with Crippen LogP contribution in [0.15, 0.2) is 59.5 Å². The Morgan fingerprint density at radius 3 is 2.32 bits per heavy atom. The third-order valence-corrected chi connectivity index (χ3v) is 6.50. The van der Waals surface area contributed by atoms with E-state index in [1.165, 1.54) is 38.4 Å². The van der Waals surface area contributed by atoms with Crippen LogP contribution in [-0.4, -0.2) is 48.9 Å². The first-order valence-electron chi connectivity index (χ1n) is 12.1. The Balaban J connectivity index is 1.71. The number of benzene rings is 2. The van der Waals surface area contributed by atoms with Crippen molar-refractivity contribution in [3.63, 3.8) is 0 Å². The van der Waals surface area contributed by atoms with Crippen LogP contribution in [0.2, 0.25) is 0 Å². The fraction of sp³-hybridized carbons (Fsp3) is 0.296. The van der Waals surface area contributed by atoms with Gasteiger partial charge in [-0.1, -0.05) is 6.07 Å². The lowest BCUT2D eigenvalue weighted by molar-refractivity contribution is -0.274. The predicted octanol–water partition coefficient (Wildman–Crippen LogP) is 4.40. The standard InChI is InChI=1S/C27H23F6N3O5/c1-14-9-10-35(13-21(29)30)26(39)23(14)36-12-19(18-8-7-17(40-2)11-20(18)28)22(25(36)38)34-24(37)15-3-5-16(6-4-15)41-27(31,32)33/h3-11,19,21-22H,12-13H2,1-2H3,(H,34,37)/t19-,22?/m0/s1. The van der Waals surface area contributed by atoms with Crippen LogP contribution in [0.4, 0.5) is 32.0 Å². The highest BCUT2D eigenvalue weighted by Crippen LogP contribution is 2.35. The van der Waals surface area contributed by atoms with Crippen molar-refractivity contribution >= 4 is 17.5 Å². The Morgan fingerprint density at radius 2 is 1.73 bits per heavy atom. The molecule has 2 heterocycles. The Kier molecular flexibility index (Phi) is 8.31. The number of alkyl halides is 5. The van der Waals surface area contributed by atoms with Gasteiger partial charge in [0, 0.05) is 30.3 Å². The van der Waals surface area contributed by atoms with Crippen LogP contribution in [0.1, 0.15) is 27.4 Å². The molecule has 8 nitrogen and oxygen atoms in total. The minimum Gasteiger partial charge on any atom is -0.497 e. The monoisotopic (exact) mass is 583 g/mol. The van der Waals surface area contributed by atoms with Crippen molar-refractivity contribution < 1.29 is 45.4 Å². The molecule has 218 valence electrons. The van der Waals surface area contributed by atoms with Crippen molar-refractivity contribution in [2.24, 2.45) is 0 Å². The van der Waals surface area contributed by atoms with Crippen molar-refractivity contribution in [3.8, 4) is 11.5 Å². The van der Waals surface area contributed by atoms with Gasteiger partial charge in [-0.3, -0.25) is 14.4 Å². The van der Waals surface area contributed by atoms with E-state index in [9.17, 15) is 36.3 Å². The maximum atomic E-state index is 15.1. The number of aromatic nitrogens is 1. The van der Waals surface area contributed by atoms with E-state index in [1.54, 1.807) is 0 Å². The summed E-state index contributed by atoms with van der Waals surface area (Å²) in [6, 6.07) is 7.71. The van der Waals surface area contributed by atoms with Gasteiger partial charge >= 0.3 is 6.36 Å². The van der Waals surface area contributed by atoms with Gasteiger partial charge in [-0.25, -0.2) is 13.2 Å². The summed E-state index contributed by atoms with van der Waals surface area (Å²) >= 11 is 0. The number of aryl methyl sites for hydroxylation is 1. The maximum absolute atomic E-state index is 15.1. The Labute approximate surface area is 229 Å². The first-order chi connectivity index (χ1) is 19.3. The Hall–Kier alpha value is -4.49. The molecular weight excluding hydrogens is 560 g/mol. The summed E-state index contributed by atoms with van der Waals surface area (Å²) in [5.41, 5.74) is -0.922. The van der Waals surface area contributed by atoms with Crippen molar-refractivity contribution in [2.45, 2.75) is 38.2 Å². The summed E-state index contributed by atoms with van der Waals surface area (Å²) < 4.78 is 88.2. The zero-order chi connectivity index (χ0) is 30.1. The zero-order valence-corrected chi connectivity index (χ0v) is 21.5. The molecule has 0 bridgehead atoms. The third kappa shape index (κ3) is 6.47. The topological polar surface area (TPSA) is 89.9 Å². The molecule has 0 aliphatic carbocycles. The van der Waals surface area contributed by atoms with E-state index < -0.39 is 60.2 Å². The highest BCUT2D eigenvalue weighted by molar-refractivity contribution is 6.05. The molecule has 4 rings (SSSR count). The lowest BCUT2D eigenvalue weighted by atomic mass is 9.93. The number of carbonyl (C=O) groups is 2. The van der Waals surface area contributed by atoms with Gasteiger partial charge in [-0.05, 0) is 54.4 Å². The second-order valence-corrected chi connectivity index (χ2v) is 9.16. The van der Waals surface area contributed by atoms with Crippen LogP contribution in [-0.2, 0) is 11.3 Å². The van der Waals surface area contributed by atoms with E-state index in [-0.39, 0.29) is 34.7 Å². The minimum atomic E-state index is -4.94. The highest BCUT2D eigenvalue weighted by atomic mass is 19.4. The molecule has 2 amide bonds. The first-order valence-corrected chi connectivity index (χ1v) is 12.1. The highest BCUT2D eigenvalue weighted by Gasteiger charge is 2.45. The van der Waals surface area contributed by atoms with Crippen LogP contribution in [0.5, 0.6) is 11.5 Å². The molecule has 0 spiro atoms. The predicted molar refractivity (Wildman–Crippen MR) is 134 cm³/mol. The molecular formula is C27H23F6N3O5. The number of nitrogens with zero attached hydrogens (tertiary/aromatic N) is 2. The van der Waals surface area contributed by atoms with Crippen LogP contribution in [0.3, 0.4) is 0 Å². The fourth-order valence-electron chi connectivity index (χ4n) is 4.62. The lowest BCUT2D eigenvalue weighted by Gasteiger charge is -2.20. The normalized spacial score (nSPS) is 17.2. The summed E-state index contributed by atoms with van der Waals surface area (Å²) in [7, 11) is 1.33. The SMILES string of the molecule is COc1ccc([C@@H]2CN(c3c(C)ccn(CC(F)F)c3=O)C(=O)C2NC(=O)c2ccc(OC(F)(F)F)cc2)c(F)c1. The van der Waals surface area contributed by atoms with Crippen LogP contribution in [0.25, 0.3) is 0 Å². The number of carbonyl (C=O) groups excluding carboxylic acids is 2. The third-order valence-electron chi connectivity index (χ3n) is 6.50. The maximum Gasteiger partial charge on any atom is 0.573 e. The van der Waals surface area contributed by atoms with Gasteiger partial charge in [0.15, 0.2) is 0 Å². The van der Waals surface area contributed by atoms with E-state index in [0.29, 0.717) is 0 Å². The molecule has 1 saturated heterocycles. The number of pyridine rings is 1. The summed E-state index contributed by atoms with van der Waals surface area (Å²) in [4.78, 5) is 40.8. The smallest absolute Gasteiger partial charge is 0.497 e. The van der Waals surface area contributed by atoms with Crippen molar-refractivity contribution in [1.82, 2.24) is 9.88 Å². The number of hydrogen-bond donors (Lipinski definition) is 1. The summed E-state index contributed by atoms with van der Waals surface area (Å²) in [6.07, 6.45) is -6.62. The number of ether oxygens (including phenoxy) is 2. The van der Waals surface area contributed by atoms with Crippen molar-refractivity contribution in [3.05, 3.63) is 87.6 Å². The van der Waals surface area contributed by atoms with Crippen LogP contribution >= 0.6 is 0 Å². The quantitative estimate of drug-likeness (QED) is 0.398. The van der Waals surface area contributed by atoms with Gasteiger partial charge in [0.2, 0.25) is 5.91 Å². The van der Waals surface area contributed by atoms with Gasteiger partial charge in [0.25, 0.3) is 17.9 Å². The molecule has 0 radical (unpaired) electrons. The van der Waals surface area contributed by atoms with Gasteiger partial charge in [-0.2, -0.15) is 0 Å². The molecule has 1 N–H and O–H groups in total. The Bertz CT molecular complexity index is 1510. The zero-order valence-electron chi connectivity index (χ0n) is 21.5. The molecule has 1 aromatic heterocycles. The van der Waals surface area contributed by atoms with Crippen LogP contribution in [0, 0.1) is 12.7 Å². The molecule has 3 aromatic rings. The number of nitrogens with one attached hydrogen (secondary N) is 1. The van der Waals surface area contributed by atoms with Gasteiger partial charge in [0.1, 0.15) is 29.0 Å². The van der Waals surface area contributed by atoms with E-state index in [0.717, 1.165) is 39.8 Å². The number of anilines is 1. The van der Waals surface area contributed by atoms with Crippen LogP contribution < -0.4 is 25.2 Å². The second-order valence-electron chi connectivity index (χ2n) is 9.16. The minimum absolute atomic E-state index is 0.00219. The lowest BCUT2D eigenvalue weighted by Crippen LogP contribution is -2.44. The number of amides is 2. The van der Waals surface area contributed by atoms with Crippen molar-refractivity contribution in [1.29, 1.82) is 0 Å². The van der Waals surface area contributed by atoms with Gasteiger partial charge in [0.05, 0.1) is 13.7 Å². The molecule has 1 unspecified atom stereocenters. The number of methoxy groups -OCH3 is 1. The van der Waals surface area contributed by atoms with E-state index >= 15 is 4.39 Å². The van der Waals surface area contributed by atoms with E-state index in [2.05, 4.69) is 10.1 Å². The molecule has 0 saturated carbocycles. The molecule has 1 fully saturated rings. The Morgan fingerprint density at radius 1 is 1.07 bits per heavy atom. The van der Waals surface area contributed by atoms with E-state index in [4.69, 9.17) is 4.74 Å². The summed E-state index contributed by atoms with van der Waals surface area (Å²) in [6.45, 7) is 0.287. The van der Waals surface area contributed by atoms with Gasteiger partial charge < -0.3 is 24.3 Å². The summed E-state index contributed by atoms with van der Waals surface area (Å²) in [5, 5.41) is 2.48. The molecule has 1 aliphatic heterocycles.